The average Bonchev–Trinajstić information content (AvgIpc) is 2.57. The van der Waals surface area contributed by atoms with Crippen LogP contribution < -0.4 is 5.32 Å². The number of rotatable bonds is 2. The standard InChI is InChI=1S/C19H26N2/c1-2-6-18(7-3-1)19-10-8-17(9-11-19)5-4-14-21-15-12-20-13-16-21/h8-11,18,20H,1-3,6-7,12-16H2. The summed E-state index contributed by atoms with van der Waals surface area (Å²) in [6.07, 6.45) is 6.96. The molecule has 1 aliphatic heterocycles. The van der Waals surface area contributed by atoms with Gasteiger partial charge in [0.2, 0.25) is 0 Å². The molecule has 2 fully saturated rings. The van der Waals surface area contributed by atoms with E-state index in [0.29, 0.717) is 0 Å². The lowest BCUT2D eigenvalue weighted by molar-refractivity contribution is 0.268. The average molecular weight is 282 g/mol. The van der Waals surface area contributed by atoms with E-state index < -0.39 is 0 Å². The van der Waals surface area contributed by atoms with E-state index in [1.165, 1.54) is 37.7 Å². The van der Waals surface area contributed by atoms with E-state index in [2.05, 4.69) is 46.3 Å². The predicted octanol–water partition coefficient (Wildman–Crippen LogP) is 2.99. The third kappa shape index (κ3) is 4.33. The van der Waals surface area contributed by atoms with Gasteiger partial charge in [-0.2, -0.15) is 0 Å². The minimum atomic E-state index is 0.793. The van der Waals surface area contributed by atoms with Gasteiger partial charge in [-0.25, -0.2) is 0 Å². The lowest BCUT2D eigenvalue weighted by atomic mass is 9.84. The fourth-order valence-corrected chi connectivity index (χ4v) is 3.40. The Morgan fingerprint density at radius 1 is 1.00 bits per heavy atom. The van der Waals surface area contributed by atoms with Gasteiger partial charge in [-0.3, -0.25) is 4.90 Å². The van der Waals surface area contributed by atoms with E-state index in [1.54, 1.807) is 0 Å². The van der Waals surface area contributed by atoms with E-state index in [1.807, 2.05) is 0 Å². The minimum absolute atomic E-state index is 0.793. The second-order valence-corrected chi connectivity index (χ2v) is 6.28. The van der Waals surface area contributed by atoms with Crippen molar-refractivity contribution in [3.8, 4) is 11.8 Å². The number of piperazine rings is 1. The van der Waals surface area contributed by atoms with Gasteiger partial charge in [0.05, 0.1) is 6.54 Å². The summed E-state index contributed by atoms with van der Waals surface area (Å²) in [7, 11) is 0. The van der Waals surface area contributed by atoms with Crippen molar-refractivity contribution in [2.75, 3.05) is 32.7 Å². The van der Waals surface area contributed by atoms with E-state index >= 15 is 0 Å². The maximum Gasteiger partial charge on any atom is 0.0606 e. The molecule has 0 radical (unpaired) electrons. The molecule has 1 saturated carbocycles. The number of hydrogen-bond donors (Lipinski definition) is 1. The zero-order valence-electron chi connectivity index (χ0n) is 12.9. The van der Waals surface area contributed by atoms with Crippen LogP contribution in [0.25, 0.3) is 0 Å². The highest BCUT2D eigenvalue weighted by Gasteiger charge is 2.14. The van der Waals surface area contributed by atoms with Crippen LogP contribution in [0, 0.1) is 11.8 Å². The van der Waals surface area contributed by atoms with E-state index in [9.17, 15) is 0 Å². The van der Waals surface area contributed by atoms with Gasteiger partial charge in [-0.1, -0.05) is 43.2 Å². The summed E-state index contributed by atoms with van der Waals surface area (Å²) in [5.74, 6) is 7.42. The largest absolute Gasteiger partial charge is 0.314 e. The molecule has 1 saturated heterocycles. The molecule has 112 valence electrons. The zero-order chi connectivity index (χ0) is 14.3. The Morgan fingerprint density at radius 2 is 1.71 bits per heavy atom. The van der Waals surface area contributed by atoms with Crippen LogP contribution in [-0.4, -0.2) is 37.6 Å². The summed E-state index contributed by atoms with van der Waals surface area (Å²) in [5.41, 5.74) is 2.67. The molecule has 2 aliphatic rings. The van der Waals surface area contributed by atoms with Crippen LogP contribution >= 0.6 is 0 Å². The Kier molecular flexibility index (Phi) is 5.32. The van der Waals surface area contributed by atoms with Crippen molar-refractivity contribution in [1.29, 1.82) is 0 Å². The molecular weight excluding hydrogens is 256 g/mol. The maximum absolute atomic E-state index is 3.37. The minimum Gasteiger partial charge on any atom is -0.314 e. The topological polar surface area (TPSA) is 15.3 Å². The summed E-state index contributed by atoms with van der Waals surface area (Å²) < 4.78 is 0. The Balaban J connectivity index is 1.54. The highest BCUT2D eigenvalue weighted by Crippen LogP contribution is 2.32. The van der Waals surface area contributed by atoms with Crippen LogP contribution in [0.3, 0.4) is 0 Å². The molecule has 1 aromatic carbocycles. The van der Waals surface area contributed by atoms with Crippen LogP contribution in [0.15, 0.2) is 24.3 Å². The lowest BCUT2D eigenvalue weighted by Crippen LogP contribution is -2.43. The van der Waals surface area contributed by atoms with Gasteiger partial charge in [0.1, 0.15) is 0 Å². The molecule has 1 N–H and O–H groups in total. The highest BCUT2D eigenvalue weighted by molar-refractivity contribution is 5.37. The summed E-state index contributed by atoms with van der Waals surface area (Å²) in [4.78, 5) is 2.42. The fraction of sp³-hybridized carbons (Fsp3) is 0.579. The van der Waals surface area contributed by atoms with Crippen molar-refractivity contribution in [1.82, 2.24) is 10.2 Å². The second-order valence-electron chi connectivity index (χ2n) is 6.28. The van der Waals surface area contributed by atoms with Crippen LogP contribution in [0.5, 0.6) is 0 Å². The third-order valence-corrected chi connectivity index (χ3v) is 4.73. The molecule has 1 heterocycles. The summed E-state index contributed by atoms with van der Waals surface area (Å²) >= 11 is 0. The first-order valence-electron chi connectivity index (χ1n) is 8.44. The molecule has 0 atom stereocenters. The Labute approximate surface area is 128 Å². The molecule has 2 nitrogen and oxygen atoms in total. The van der Waals surface area contributed by atoms with Crippen LogP contribution in [-0.2, 0) is 0 Å². The van der Waals surface area contributed by atoms with Crippen molar-refractivity contribution in [3.63, 3.8) is 0 Å². The van der Waals surface area contributed by atoms with Crippen LogP contribution in [0.1, 0.15) is 49.1 Å². The first-order chi connectivity index (χ1) is 10.4. The van der Waals surface area contributed by atoms with Gasteiger partial charge >= 0.3 is 0 Å². The number of benzene rings is 1. The number of nitrogens with one attached hydrogen (secondary N) is 1. The summed E-state index contributed by atoms with van der Waals surface area (Å²) in [6.45, 7) is 5.33. The number of hydrogen-bond acceptors (Lipinski definition) is 2. The molecule has 0 unspecified atom stereocenters. The van der Waals surface area contributed by atoms with Gasteiger partial charge < -0.3 is 5.32 Å². The monoisotopic (exact) mass is 282 g/mol. The molecule has 3 rings (SSSR count). The molecule has 0 spiro atoms. The normalized spacial score (nSPS) is 20.8. The Hall–Kier alpha value is -1.30. The molecule has 0 amide bonds. The molecular formula is C19H26N2. The van der Waals surface area contributed by atoms with E-state index in [4.69, 9.17) is 0 Å². The van der Waals surface area contributed by atoms with Crippen molar-refractivity contribution < 1.29 is 0 Å². The smallest absolute Gasteiger partial charge is 0.0606 e. The van der Waals surface area contributed by atoms with E-state index in [0.717, 1.165) is 44.2 Å². The SMILES string of the molecule is C(#Cc1ccc(C2CCCCC2)cc1)CN1CCNCC1. The molecule has 0 bridgehead atoms. The van der Waals surface area contributed by atoms with Gasteiger partial charge in [0, 0.05) is 31.7 Å². The Morgan fingerprint density at radius 3 is 2.43 bits per heavy atom. The predicted molar refractivity (Wildman–Crippen MR) is 88.5 cm³/mol. The highest BCUT2D eigenvalue weighted by atomic mass is 15.2. The first kappa shape index (κ1) is 14.6. The summed E-state index contributed by atoms with van der Waals surface area (Å²) in [6, 6.07) is 9.00. The summed E-state index contributed by atoms with van der Waals surface area (Å²) in [5, 5.41) is 3.37. The second kappa shape index (κ2) is 7.64. The zero-order valence-corrected chi connectivity index (χ0v) is 12.9. The molecule has 2 heteroatoms. The van der Waals surface area contributed by atoms with Gasteiger partial charge in [0.25, 0.3) is 0 Å². The molecule has 21 heavy (non-hydrogen) atoms. The van der Waals surface area contributed by atoms with Crippen molar-refractivity contribution in [2.24, 2.45) is 0 Å². The fourth-order valence-electron chi connectivity index (χ4n) is 3.40. The molecule has 1 aliphatic carbocycles. The van der Waals surface area contributed by atoms with Gasteiger partial charge in [-0.15, -0.1) is 0 Å². The van der Waals surface area contributed by atoms with Crippen LogP contribution in [0.4, 0.5) is 0 Å². The van der Waals surface area contributed by atoms with E-state index in [-0.39, 0.29) is 0 Å². The first-order valence-corrected chi connectivity index (χ1v) is 8.44. The molecule has 1 aromatic rings. The molecule has 0 aromatic heterocycles. The lowest BCUT2D eigenvalue weighted by Gasteiger charge is -2.24. The Bertz CT molecular complexity index is 483. The maximum atomic E-state index is 3.37. The van der Waals surface area contributed by atoms with Crippen molar-refractivity contribution in [3.05, 3.63) is 35.4 Å². The quantitative estimate of drug-likeness (QED) is 0.839. The third-order valence-electron chi connectivity index (χ3n) is 4.73. The van der Waals surface area contributed by atoms with Gasteiger partial charge in [0.15, 0.2) is 0 Å². The van der Waals surface area contributed by atoms with Crippen LogP contribution in [0.2, 0.25) is 0 Å². The van der Waals surface area contributed by atoms with Crippen molar-refractivity contribution >= 4 is 0 Å². The number of nitrogens with zero attached hydrogens (tertiary/aromatic N) is 1. The van der Waals surface area contributed by atoms with Gasteiger partial charge in [-0.05, 0) is 36.5 Å². The van der Waals surface area contributed by atoms with Crippen molar-refractivity contribution in [2.45, 2.75) is 38.0 Å².